The highest BCUT2D eigenvalue weighted by atomic mass is 15.0. The predicted molar refractivity (Wildman–Crippen MR) is 543 cm³/mol. The standard InChI is InChI=1S/C62H39N3.C60H37N3/c1-2-13-40(14-3-1)42-25-30-47(31-26-42)63-57-22-10-8-21-51(57)54-38-55-53-37-46(28-33-59(53)64(62(55)39-61(54)63)48-32-27-41-15-4-5-17-44(41)35-48)45-29-34-60-52(36-45)50-20-9-11-23-58(50)65(60)56-24-12-18-43-16-6-7-19-49(43)56;1-3-15-41-32-45(28-24-38(41)12-1)61-55-21-9-7-20-49(55)52-36-53-51-35-44(26-30-57(51)62(60(53)37-59(52)61)46-29-25-39-13-2-4-16-42(39)33-46)43-27-31-58-50(34-43)48-19-8-10-22-56(48)63(58)54-23-11-17-40-14-5-6-18-47(40)54/h1-39H;1-37H. The molecule has 0 atom stereocenters. The van der Waals surface area contributed by atoms with Crippen molar-refractivity contribution in [3.63, 3.8) is 0 Å². The van der Waals surface area contributed by atoms with Crippen molar-refractivity contribution in [1.29, 1.82) is 0 Å². The van der Waals surface area contributed by atoms with Crippen LogP contribution in [0.15, 0.2) is 461 Å². The van der Waals surface area contributed by atoms with E-state index in [0.29, 0.717) is 0 Å². The molecule has 594 valence electrons. The number of hydrogen-bond acceptors (Lipinski definition) is 0. The fraction of sp³-hybridized carbons (Fsp3) is 0. The van der Waals surface area contributed by atoms with Gasteiger partial charge in [0.25, 0.3) is 0 Å². The number of hydrogen-bond donors (Lipinski definition) is 0. The van der Waals surface area contributed by atoms with Crippen LogP contribution < -0.4 is 0 Å². The monoisotopic (exact) mass is 1620 g/mol. The van der Waals surface area contributed by atoms with E-state index in [2.05, 4.69) is 488 Å². The first-order valence-corrected chi connectivity index (χ1v) is 44.2. The Morgan fingerprint density at radius 2 is 0.344 bits per heavy atom. The van der Waals surface area contributed by atoms with Crippen LogP contribution in [0.25, 0.3) is 252 Å². The lowest BCUT2D eigenvalue weighted by molar-refractivity contribution is 1.17. The fourth-order valence-electron chi connectivity index (χ4n) is 21.4. The highest BCUT2D eigenvalue weighted by molar-refractivity contribution is 6.23. The van der Waals surface area contributed by atoms with E-state index < -0.39 is 0 Å². The third-order valence-electron chi connectivity index (χ3n) is 27.4. The number of aromatic nitrogens is 6. The SMILES string of the molecule is c1ccc(-c2ccc(-n3c4ccccc4c4cc5c6cc(-c7ccc8c(c7)c7ccccc7n8-c7cccc8ccccc78)ccc6n(-c6ccc7ccccc7c6)c5cc43)cc2)cc1.c1ccc2cc(-n3c4ccccc4c4cc5c6cc(-c7ccc8c(c7)c7ccccc7n8-c7cccc8ccccc78)ccc6n(-c6ccc7ccccc7c6)c5cc43)ccc2c1. The van der Waals surface area contributed by atoms with Crippen LogP contribution in [0, 0.1) is 0 Å². The van der Waals surface area contributed by atoms with Gasteiger partial charge in [0, 0.05) is 98.2 Å². The van der Waals surface area contributed by atoms with Gasteiger partial charge in [-0.3, -0.25) is 0 Å². The second kappa shape index (κ2) is 28.2. The molecule has 6 nitrogen and oxygen atoms in total. The second-order valence-corrected chi connectivity index (χ2v) is 34.3. The Balaban J connectivity index is 0.000000132. The van der Waals surface area contributed by atoms with Crippen molar-refractivity contribution in [2.24, 2.45) is 0 Å². The Morgan fingerprint density at radius 3 is 0.719 bits per heavy atom. The Hall–Kier alpha value is -17.1. The van der Waals surface area contributed by atoms with E-state index in [1.54, 1.807) is 0 Å². The summed E-state index contributed by atoms with van der Waals surface area (Å²) in [6.45, 7) is 0. The molecule has 0 saturated heterocycles. The van der Waals surface area contributed by atoms with Crippen LogP contribution in [-0.2, 0) is 0 Å². The number of fused-ring (bicyclic) bond motifs is 23. The minimum absolute atomic E-state index is 1.14. The molecule has 0 saturated carbocycles. The average Bonchev–Trinajstić information content (AvgIpc) is 1.58. The van der Waals surface area contributed by atoms with E-state index >= 15 is 0 Å². The van der Waals surface area contributed by atoms with Gasteiger partial charge in [-0.15, -0.1) is 0 Å². The second-order valence-electron chi connectivity index (χ2n) is 34.3. The molecule has 0 spiro atoms. The molecule has 28 rings (SSSR count). The molecule has 0 radical (unpaired) electrons. The van der Waals surface area contributed by atoms with Gasteiger partial charge >= 0.3 is 0 Å². The Morgan fingerprint density at radius 1 is 0.102 bits per heavy atom. The molecule has 6 aromatic heterocycles. The number of para-hydroxylation sites is 4. The molecule has 0 aliphatic heterocycles. The molecule has 0 aliphatic rings. The van der Waals surface area contributed by atoms with E-state index in [1.165, 1.54) is 229 Å². The van der Waals surface area contributed by atoms with Crippen LogP contribution >= 0.6 is 0 Å². The summed E-state index contributed by atoms with van der Waals surface area (Å²) < 4.78 is 14.7. The van der Waals surface area contributed by atoms with E-state index in [0.717, 1.165) is 22.7 Å². The Labute approximate surface area is 735 Å². The van der Waals surface area contributed by atoms with Gasteiger partial charge in [-0.2, -0.15) is 0 Å². The maximum absolute atomic E-state index is 2.48. The van der Waals surface area contributed by atoms with Crippen molar-refractivity contribution in [2.45, 2.75) is 0 Å². The Bertz CT molecular complexity index is 9520. The molecule has 0 unspecified atom stereocenters. The van der Waals surface area contributed by atoms with Crippen LogP contribution in [0.2, 0.25) is 0 Å². The highest BCUT2D eigenvalue weighted by Crippen LogP contribution is 2.47. The quantitative estimate of drug-likeness (QED) is 0.138. The predicted octanol–water partition coefficient (Wildman–Crippen LogP) is 32.7. The third kappa shape index (κ3) is 11.0. The molecule has 0 N–H and O–H groups in total. The number of rotatable bonds is 9. The topological polar surface area (TPSA) is 29.6 Å². The summed E-state index contributed by atoms with van der Waals surface area (Å²) in [5.74, 6) is 0. The molecular weight excluding hydrogens is 1550 g/mol. The van der Waals surface area contributed by atoms with Gasteiger partial charge in [-0.05, 0) is 234 Å². The molecule has 0 aliphatic carbocycles. The third-order valence-corrected chi connectivity index (χ3v) is 27.4. The normalized spacial score (nSPS) is 12.1. The smallest absolute Gasteiger partial charge is 0.0562 e. The van der Waals surface area contributed by atoms with Crippen LogP contribution in [0.4, 0.5) is 0 Å². The summed E-state index contributed by atoms with van der Waals surface area (Å²) in [6.07, 6.45) is 0. The lowest BCUT2D eigenvalue weighted by atomic mass is 10.00. The molecule has 128 heavy (non-hydrogen) atoms. The van der Waals surface area contributed by atoms with Gasteiger partial charge in [0.15, 0.2) is 0 Å². The lowest BCUT2D eigenvalue weighted by Gasteiger charge is -2.12. The summed E-state index contributed by atoms with van der Waals surface area (Å²) in [6, 6.07) is 170. The molecule has 6 heterocycles. The summed E-state index contributed by atoms with van der Waals surface area (Å²) in [5, 5.41) is 27.3. The minimum Gasteiger partial charge on any atom is -0.309 e. The van der Waals surface area contributed by atoms with Gasteiger partial charge in [0.2, 0.25) is 0 Å². The van der Waals surface area contributed by atoms with Gasteiger partial charge in [-0.1, -0.05) is 303 Å². The average molecular weight is 1630 g/mol. The van der Waals surface area contributed by atoms with Crippen LogP contribution in [0.3, 0.4) is 0 Å². The maximum Gasteiger partial charge on any atom is 0.0562 e. The van der Waals surface area contributed by atoms with Crippen molar-refractivity contribution in [1.82, 2.24) is 27.4 Å². The Kier molecular flexibility index (Phi) is 15.8. The van der Waals surface area contributed by atoms with Crippen molar-refractivity contribution >= 4 is 185 Å². The van der Waals surface area contributed by atoms with Crippen LogP contribution in [0.5, 0.6) is 0 Å². The van der Waals surface area contributed by atoms with Gasteiger partial charge in [0.1, 0.15) is 0 Å². The van der Waals surface area contributed by atoms with Crippen molar-refractivity contribution in [2.75, 3.05) is 0 Å². The first kappa shape index (κ1) is 71.5. The van der Waals surface area contributed by atoms with E-state index in [-0.39, 0.29) is 0 Å². The summed E-state index contributed by atoms with van der Waals surface area (Å²) in [5.41, 5.74) is 28.5. The van der Waals surface area contributed by atoms with Crippen molar-refractivity contribution in [3.05, 3.63) is 461 Å². The summed E-state index contributed by atoms with van der Waals surface area (Å²) in [4.78, 5) is 0. The maximum atomic E-state index is 2.48. The van der Waals surface area contributed by atoms with E-state index in [4.69, 9.17) is 0 Å². The fourth-order valence-corrected chi connectivity index (χ4v) is 21.4. The van der Waals surface area contributed by atoms with E-state index in [1.807, 2.05) is 0 Å². The molecule has 22 aromatic carbocycles. The summed E-state index contributed by atoms with van der Waals surface area (Å²) >= 11 is 0. The first-order chi connectivity index (χ1) is 63.5. The molecular formula is C122H76N6. The lowest BCUT2D eigenvalue weighted by Crippen LogP contribution is -1.96. The van der Waals surface area contributed by atoms with Gasteiger partial charge in [0.05, 0.1) is 77.6 Å². The zero-order valence-corrected chi connectivity index (χ0v) is 69.6. The molecule has 0 bridgehead atoms. The van der Waals surface area contributed by atoms with Gasteiger partial charge < -0.3 is 27.4 Å². The number of benzene rings is 22. The minimum atomic E-state index is 1.14. The largest absolute Gasteiger partial charge is 0.309 e. The number of nitrogens with zero attached hydrogens (tertiary/aromatic N) is 6. The highest BCUT2D eigenvalue weighted by Gasteiger charge is 2.25. The summed E-state index contributed by atoms with van der Waals surface area (Å²) in [7, 11) is 0. The first-order valence-electron chi connectivity index (χ1n) is 44.2. The molecule has 6 heteroatoms. The molecule has 0 fully saturated rings. The zero-order chi connectivity index (χ0) is 83.8. The molecule has 28 aromatic rings. The van der Waals surface area contributed by atoms with Gasteiger partial charge in [-0.25, -0.2) is 0 Å². The van der Waals surface area contributed by atoms with Crippen molar-refractivity contribution in [3.8, 4) is 67.5 Å². The van der Waals surface area contributed by atoms with Crippen LogP contribution in [-0.4, -0.2) is 27.4 Å². The van der Waals surface area contributed by atoms with Crippen molar-refractivity contribution < 1.29 is 0 Å². The zero-order valence-electron chi connectivity index (χ0n) is 69.6. The van der Waals surface area contributed by atoms with Crippen LogP contribution in [0.1, 0.15) is 0 Å². The van der Waals surface area contributed by atoms with E-state index in [9.17, 15) is 0 Å². The molecule has 0 amide bonds.